The number of aliphatic imine (C=N–C) groups is 1. The molecule has 0 N–H and O–H groups in total. The summed E-state index contributed by atoms with van der Waals surface area (Å²) in [6.07, 6.45) is 2.96. The molecule has 2 nitrogen and oxygen atoms in total. The van der Waals surface area contributed by atoms with Crippen LogP contribution in [-0.4, -0.2) is 24.3 Å². The van der Waals surface area contributed by atoms with E-state index >= 15 is 0 Å². The van der Waals surface area contributed by atoms with Gasteiger partial charge in [-0.15, -0.1) is 0 Å². The van der Waals surface area contributed by atoms with Gasteiger partial charge in [-0.3, -0.25) is 4.99 Å². The first-order chi connectivity index (χ1) is 5.95. The molecule has 61 valence electrons. The second-order valence-corrected chi connectivity index (χ2v) is 2.89. The Hall–Kier alpha value is -1.31. The molecule has 1 heterocycles. The SMILES string of the molecule is [C]1=NCCN1Cc1ccccc1. The lowest BCUT2D eigenvalue weighted by molar-refractivity contribution is 0.463. The van der Waals surface area contributed by atoms with Crippen LogP contribution in [0.2, 0.25) is 0 Å². The molecule has 1 aromatic carbocycles. The Morgan fingerprint density at radius 3 is 2.83 bits per heavy atom. The Labute approximate surface area is 72.5 Å². The lowest BCUT2D eigenvalue weighted by Crippen LogP contribution is -2.18. The van der Waals surface area contributed by atoms with E-state index in [9.17, 15) is 0 Å². The highest BCUT2D eigenvalue weighted by atomic mass is 15.2. The minimum absolute atomic E-state index is 0.896. The van der Waals surface area contributed by atoms with E-state index < -0.39 is 0 Å². The summed E-state index contributed by atoms with van der Waals surface area (Å²) in [5, 5.41) is 0. The average molecular weight is 159 g/mol. The molecule has 0 saturated heterocycles. The number of benzene rings is 1. The highest BCUT2D eigenvalue weighted by Crippen LogP contribution is 2.04. The topological polar surface area (TPSA) is 15.6 Å². The largest absolute Gasteiger partial charge is 0.348 e. The van der Waals surface area contributed by atoms with Crippen LogP contribution < -0.4 is 0 Å². The van der Waals surface area contributed by atoms with Crippen LogP contribution in [0, 0.1) is 0 Å². The summed E-state index contributed by atoms with van der Waals surface area (Å²) in [6, 6.07) is 10.4. The van der Waals surface area contributed by atoms with Gasteiger partial charge in [-0.25, -0.2) is 0 Å². The van der Waals surface area contributed by atoms with E-state index in [0.29, 0.717) is 0 Å². The summed E-state index contributed by atoms with van der Waals surface area (Å²) in [6.45, 7) is 2.84. The summed E-state index contributed by atoms with van der Waals surface area (Å²) in [5.74, 6) is 0. The van der Waals surface area contributed by atoms with Crippen LogP contribution in [0.25, 0.3) is 0 Å². The molecule has 0 bridgehead atoms. The molecule has 0 atom stereocenters. The van der Waals surface area contributed by atoms with Gasteiger partial charge in [0.2, 0.25) is 0 Å². The first kappa shape index (κ1) is 7.35. The van der Waals surface area contributed by atoms with E-state index in [1.54, 1.807) is 0 Å². The van der Waals surface area contributed by atoms with Crippen molar-refractivity contribution in [1.82, 2.24) is 4.90 Å². The molecule has 1 aliphatic heterocycles. The summed E-state index contributed by atoms with van der Waals surface area (Å²) in [7, 11) is 0. The van der Waals surface area contributed by atoms with Crippen molar-refractivity contribution in [3.63, 3.8) is 0 Å². The zero-order chi connectivity index (χ0) is 8.23. The predicted molar refractivity (Wildman–Crippen MR) is 49.2 cm³/mol. The summed E-state index contributed by atoms with van der Waals surface area (Å²) < 4.78 is 0. The summed E-state index contributed by atoms with van der Waals surface area (Å²) in [5.41, 5.74) is 1.32. The highest BCUT2D eigenvalue weighted by Gasteiger charge is 2.05. The Morgan fingerprint density at radius 1 is 1.33 bits per heavy atom. The van der Waals surface area contributed by atoms with Gasteiger partial charge in [-0.1, -0.05) is 30.3 Å². The zero-order valence-electron chi connectivity index (χ0n) is 6.90. The molecular formula is C10H11N2. The van der Waals surface area contributed by atoms with E-state index in [4.69, 9.17) is 0 Å². The molecule has 1 aromatic rings. The smallest absolute Gasteiger partial charge is 0.167 e. The van der Waals surface area contributed by atoms with Gasteiger partial charge in [-0.05, 0) is 5.56 Å². The fourth-order valence-electron chi connectivity index (χ4n) is 1.29. The molecule has 2 heteroatoms. The van der Waals surface area contributed by atoms with Gasteiger partial charge >= 0.3 is 0 Å². The lowest BCUT2D eigenvalue weighted by atomic mass is 10.2. The molecule has 0 unspecified atom stereocenters. The van der Waals surface area contributed by atoms with Gasteiger partial charge in [0.1, 0.15) is 0 Å². The molecule has 0 aliphatic carbocycles. The molecule has 0 amide bonds. The molecule has 0 fully saturated rings. The van der Waals surface area contributed by atoms with E-state index in [2.05, 4.69) is 40.5 Å². The van der Waals surface area contributed by atoms with Crippen molar-refractivity contribution in [2.24, 2.45) is 4.99 Å². The van der Waals surface area contributed by atoms with Crippen LogP contribution in [0.1, 0.15) is 5.56 Å². The van der Waals surface area contributed by atoms with Crippen molar-refractivity contribution < 1.29 is 0 Å². The quantitative estimate of drug-likeness (QED) is 0.637. The molecular weight excluding hydrogens is 148 g/mol. The van der Waals surface area contributed by atoms with Crippen LogP contribution in [0.15, 0.2) is 35.3 Å². The second kappa shape index (κ2) is 3.39. The lowest BCUT2D eigenvalue weighted by Gasteiger charge is -2.11. The van der Waals surface area contributed by atoms with Gasteiger partial charge < -0.3 is 4.90 Å². The third kappa shape index (κ3) is 1.64. The minimum atomic E-state index is 0.896. The number of rotatable bonds is 2. The predicted octanol–water partition coefficient (Wildman–Crippen LogP) is 1.41. The molecule has 1 aliphatic rings. The first-order valence-electron chi connectivity index (χ1n) is 4.16. The molecule has 12 heavy (non-hydrogen) atoms. The number of hydrogen-bond donors (Lipinski definition) is 0. The minimum Gasteiger partial charge on any atom is -0.348 e. The van der Waals surface area contributed by atoms with Gasteiger partial charge in [0, 0.05) is 13.1 Å². The maximum atomic E-state index is 4.04. The number of hydrogen-bond acceptors (Lipinski definition) is 2. The van der Waals surface area contributed by atoms with E-state index in [1.807, 2.05) is 6.07 Å². The Morgan fingerprint density at radius 2 is 2.17 bits per heavy atom. The maximum Gasteiger partial charge on any atom is 0.167 e. The van der Waals surface area contributed by atoms with Crippen molar-refractivity contribution in [1.29, 1.82) is 0 Å². The first-order valence-corrected chi connectivity index (χ1v) is 4.16. The molecule has 1 radical (unpaired) electrons. The molecule has 0 aromatic heterocycles. The van der Waals surface area contributed by atoms with Crippen molar-refractivity contribution in [2.75, 3.05) is 13.1 Å². The summed E-state index contributed by atoms with van der Waals surface area (Å²) >= 11 is 0. The van der Waals surface area contributed by atoms with Gasteiger partial charge in [0.05, 0.1) is 6.54 Å². The maximum absolute atomic E-state index is 4.04. The molecule has 0 saturated carbocycles. The third-order valence-corrected chi connectivity index (χ3v) is 1.91. The van der Waals surface area contributed by atoms with Crippen molar-refractivity contribution in [2.45, 2.75) is 6.54 Å². The normalized spacial score (nSPS) is 15.5. The zero-order valence-corrected chi connectivity index (χ0v) is 6.90. The Balaban J connectivity index is 1.99. The summed E-state index contributed by atoms with van der Waals surface area (Å²) in [4.78, 5) is 6.14. The van der Waals surface area contributed by atoms with E-state index in [0.717, 1.165) is 19.6 Å². The monoisotopic (exact) mass is 159 g/mol. The van der Waals surface area contributed by atoms with E-state index in [-0.39, 0.29) is 0 Å². The van der Waals surface area contributed by atoms with Crippen LogP contribution in [0.5, 0.6) is 0 Å². The van der Waals surface area contributed by atoms with Gasteiger partial charge in [0.15, 0.2) is 6.34 Å². The Bertz CT molecular complexity index is 266. The van der Waals surface area contributed by atoms with Crippen molar-refractivity contribution >= 4 is 6.34 Å². The Kier molecular flexibility index (Phi) is 2.08. The van der Waals surface area contributed by atoms with E-state index in [1.165, 1.54) is 5.56 Å². The fraction of sp³-hybridized carbons (Fsp3) is 0.300. The van der Waals surface area contributed by atoms with Crippen molar-refractivity contribution in [3.05, 3.63) is 35.9 Å². The van der Waals surface area contributed by atoms with Crippen LogP contribution >= 0.6 is 0 Å². The second-order valence-electron chi connectivity index (χ2n) is 2.89. The van der Waals surface area contributed by atoms with Crippen LogP contribution in [0.3, 0.4) is 0 Å². The highest BCUT2D eigenvalue weighted by molar-refractivity contribution is 5.57. The van der Waals surface area contributed by atoms with Crippen LogP contribution in [-0.2, 0) is 6.54 Å². The molecule has 2 rings (SSSR count). The van der Waals surface area contributed by atoms with Crippen molar-refractivity contribution in [3.8, 4) is 0 Å². The van der Waals surface area contributed by atoms with Gasteiger partial charge in [0.25, 0.3) is 0 Å². The fourth-order valence-corrected chi connectivity index (χ4v) is 1.29. The standard InChI is InChI=1S/C10H11N2/c1-2-4-10(5-3-1)8-12-7-6-11-9-12/h1-5H,6-8H2. The number of nitrogens with zero attached hydrogens (tertiary/aromatic N) is 2. The molecule has 0 spiro atoms. The third-order valence-electron chi connectivity index (χ3n) is 1.91. The van der Waals surface area contributed by atoms with Gasteiger partial charge in [-0.2, -0.15) is 0 Å². The van der Waals surface area contributed by atoms with Crippen LogP contribution in [0.4, 0.5) is 0 Å². The average Bonchev–Trinajstić information content (AvgIpc) is 2.59.